The van der Waals surface area contributed by atoms with Crippen LogP contribution >= 0.6 is 0 Å². The molecule has 0 aromatic heterocycles. The molecule has 17 heavy (non-hydrogen) atoms. The van der Waals surface area contributed by atoms with Crippen molar-refractivity contribution in [2.24, 2.45) is 0 Å². The molecule has 0 spiro atoms. The molecular weight excluding hydrogens is 212 g/mol. The van der Waals surface area contributed by atoms with E-state index in [4.69, 9.17) is 15.4 Å². The van der Waals surface area contributed by atoms with Crippen LogP contribution in [0.1, 0.15) is 19.4 Å². The molecule has 2 rings (SSSR count). The monoisotopic (exact) mass is 226 g/mol. The molecule has 1 unspecified atom stereocenters. The average molecular weight is 226 g/mol. The average Bonchev–Trinajstić information content (AvgIpc) is 2.51. The van der Waals surface area contributed by atoms with Crippen LogP contribution in [0.5, 0.6) is 0 Å². The van der Waals surface area contributed by atoms with Crippen molar-refractivity contribution >= 4 is 5.90 Å². The summed E-state index contributed by atoms with van der Waals surface area (Å²) in [5.74, 6) is -0.0107. The highest BCUT2D eigenvalue weighted by molar-refractivity contribution is 5.99. The summed E-state index contributed by atoms with van der Waals surface area (Å²) < 4.78 is 5.56. The number of hydrogen-bond acceptors (Lipinski definition) is 3. The molecule has 1 aromatic carbocycles. The Morgan fingerprint density at radius 2 is 2.00 bits per heavy atom. The third-order valence-electron chi connectivity index (χ3n) is 3.22. The fourth-order valence-electron chi connectivity index (χ4n) is 2.08. The van der Waals surface area contributed by atoms with E-state index in [1.807, 2.05) is 50.2 Å². The molecule has 0 radical (unpaired) electrons. The van der Waals surface area contributed by atoms with Gasteiger partial charge in [-0.15, -0.1) is 0 Å². The number of hydrogen-bond donors (Lipinski definition) is 1. The van der Waals surface area contributed by atoms with Gasteiger partial charge in [0, 0.05) is 6.42 Å². The summed E-state index contributed by atoms with van der Waals surface area (Å²) in [6.07, 6.45) is 0.674. The minimum atomic E-state index is -0.566. The molecule has 3 heteroatoms. The minimum Gasteiger partial charge on any atom is -0.466 e. The summed E-state index contributed by atoms with van der Waals surface area (Å²) >= 11 is 0. The lowest BCUT2D eigenvalue weighted by atomic mass is 9.89. The van der Waals surface area contributed by atoms with Crippen molar-refractivity contribution in [3.63, 3.8) is 0 Å². The second-order valence-corrected chi connectivity index (χ2v) is 4.44. The number of ether oxygens (including phenoxy) is 1. The minimum absolute atomic E-state index is 0.0107. The number of nitrogens with zero attached hydrogens (tertiary/aromatic N) is 1. The number of benzene rings is 1. The lowest BCUT2D eigenvalue weighted by Crippen LogP contribution is -2.29. The first kappa shape index (κ1) is 11.4. The van der Waals surface area contributed by atoms with Crippen molar-refractivity contribution in [2.75, 3.05) is 0 Å². The molecule has 1 N–H and O–H groups in total. The van der Waals surface area contributed by atoms with E-state index in [2.05, 4.69) is 0 Å². The summed E-state index contributed by atoms with van der Waals surface area (Å²) in [6, 6.07) is 12.0. The second kappa shape index (κ2) is 4.06. The zero-order chi connectivity index (χ0) is 12.5. The number of rotatable bonds is 2. The van der Waals surface area contributed by atoms with E-state index in [1.165, 1.54) is 0 Å². The largest absolute Gasteiger partial charge is 0.466 e. The molecule has 0 fully saturated rings. The molecule has 0 aliphatic carbocycles. The van der Waals surface area contributed by atoms with Crippen molar-refractivity contribution < 1.29 is 4.74 Å². The van der Waals surface area contributed by atoms with E-state index in [1.54, 1.807) is 0 Å². The van der Waals surface area contributed by atoms with Crippen LogP contribution in [0, 0.1) is 16.7 Å². The fraction of sp³-hybridized carbons (Fsp3) is 0.286. The molecule has 1 atom stereocenters. The molecule has 86 valence electrons. The van der Waals surface area contributed by atoms with E-state index >= 15 is 0 Å². The zero-order valence-electron chi connectivity index (χ0n) is 9.95. The highest BCUT2D eigenvalue weighted by Crippen LogP contribution is 2.35. The Kier molecular flexibility index (Phi) is 2.72. The maximum absolute atomic E-state index is 8.98. The maximum Gasteiger partial charge on any atom is 0.225 e. The SMILES string of the molecule is CC1=C(C#N)C(=N)OC1(C)Cc1ccccc1. The standard InChI is InChI=1S/C14H14N2O/c1-10-12(9-15)13(16)17-14(10,2)8-11-6-4-3-5-7-11/h3-7,16H,8H2,1-2H3. The molecule has 1 heterocycles. The first-order valence-corrected chi connectivity index (χ1v) is 5.50. The van der Waals surface area contributed by atoms with Crippen LogP contribution in [0.15, 0.2) is 41.5 Å². The van der Waals surface area contributed by atoms with Gasteiger partial charge in [-0.3, -0.25) is 5.41 Å². The molecular formula is C14H14N2O. The predicted octanol–water partition coefficient (Wildman–Crippen LogP) is 2.84. The molecule has 0 saturated carbocycles. The van der Waals surface area contributed by atoms with E-state index in [0.29, 0.717) is 12.0 Å². The van der Waals surface area contributed by atoms with E-state index in [9.17, 15) is 0 Å². The fourth-order valence-corrected chi connectivity index (χ4v) is 2.08. The van der Waals surface area contributed by atoms with Crippen molar-refractivity contribution in [3.05, 3.63) is 47.0 Å². The zero-order valence-corrected chi connectivity index (χ0v) is 9.95. The van der Waals surface area contributed by atoms with E-state index in [0.717, 1.165) is 11.1 Å². The van der Waals surface area contributed by atoms with Crippen LogP contribution in [0.2, 0.25) is 0 Å². The van der Waals surface area contributed by atoms with Crippen LogP contribution < -0.4 is 0 Å². The molecule has 1 aromatic rings. The summed E-state index contributed by atoms with van der Waals surface area (Å²) in [6.45, 7) is 3.79. The molecule has 0 saturated heterocycles. The molecule has 1 aliphatic heterocycles. The van der Waals surface area contributed by atoms with Gasteiger partial charge in [0.05, 0.1) is 0 Å². The predicted molar refractivity (Wildman–Crippen MR) is 65.7 cm³/mol. The van der Waals surface area contributed by atoms with Gasteiger partial charge in [-0.25, -0.2) is 0 Å². The lowest BCUT2D eigenvalue weighted by molar-refractivity contribution is 0.127. The van der Waals surface area contributed by atoms with Crippen molar-refractivity contribution in [3.8, 4) is 6.07 Å². The van der Waals surface area contributed by atoms with Crippen molar-refractivity contribution in [1.82, 2.24) is 0 Å². The Balaban J connectivity index is 2.32. The molecule has 1 aliphatic rings. The summed E-state index contributed by atoms with van der Waals surface area (Å²) in [7, 11) is 0. The van der Waals surface area contributed by atoms with Gasteiger partial charge in [0.15, 0.2) is 0 Å². The summed E-state index contributed by atoms with van der Waals surface area (Å²) in [5, 5.41) is 16.6. The van der Waals surface area contributed by atoms with Crippen LogP contribution in [0.25, 0.3) is 0 Å². The van der Waals surface area contributed by atoms with Gasteiger partial charge in [0.25, 0.3) is 0 Å². The first-order chi connectivity index (χ1) is 8.07. The summed E-state index contributed by atoms with van der Waals surface area (Å²) in [5.41, 5.74) is 1.78. The molecule has 0 bridgehead atoms. The van der Waals surface area contributed by atoms with Gasteiger partial charge in [-0.05, 0) is 25.0 Å². The van der Waals surface area contributed by atoms with Gasteiger partial charge in [0.2, 0.25) is 5.90 Å². The van der Waals surface area contributed by atoms with Crippen molar-refractivity contribution in [1.29, 1.82) is 10.7 Å². The van der Waals surface area contributed by atoms with Gasteiger partial charge < -0.3 is 4.74 Å². The van der Waals surface area contributed by atoms with E-state index in [-0.39, 0.29) is 5.90 Å². The smallest absolute Gasteiger partial charge is 0.225 e. The molecule has 3 nitrogen and oxygen atoms in total. The summed E-state index contributed by atoms with van der Waals surface area (Å²) in [4.78, 5) is 0. The van der Waals surface area contributed by atoms with E-state index < -0.39 is 5.60 Å². The van der Waals surface area contributed by atoms with Gasteiger partial charge in [-0.2, -0.15) is 5.26 Å². The lowest BCUT2D eigenvalue weighted by Gasteiger charge is -2.25. The highest BCUT2D eigenvalue weighted by Gasteiger charge is 2.39. The topological polar surface area (TPSA) is 56.9 Å². The Morgan fingerprint density at radius 3 is 2.53 bits per heavy atom. The Morgan fingerprint density at radius 1 is 1.35 bits per heavy atom. The Hall–Kier alpha value is -2.08. The number of nitrogens with one attached hydrogen (secondary N) is 1. The van der Waals surface area contributed by atoms with Crippen molar-refractivity contribution in [2.45, 2.75) is 25.9 Å². The normalized spacial score (nSPS) is 23.5. The van der Waals surface area contributed by atoms with Crippen LogP contribution in [0.4, 0.5) is 0 Å². The van der Waals surface area contributed by atoms with Gasteiger partial charge >= 0.3 is 0 Å². The molecule has 0 amide bonds. The second-order valence-electron chi connectivity index (χ2n) is 4.44. The number of nitriles is 1. The third-order valence-corrected chi connectivity index (χ3v) is 3.22. The highest BCUT2D eigenvalue weighted by atomic mass is 16.5. The quantitative estimate of drug-likeness (QED) is 0.843. The van der Waals surface area contributed by atoms with Crippen LogP contribution in [0.3, 0.4) is 0 Å². The van der Waals surface area contributed by atoms with Gasteiger partial charge in [0.1, 0.15) is 17.2 Å². The maximum atomic E-state index is 8.98. The third kappa shape index (κ3) is 1.94. The Labute approximate surface area is 101 Å². The van der Waals surface area contributed by atoms with Gasteiger partial charge in [-0.1, -0.05) is 30.3 Å². The Bertz CT molecular complexity index is 525. The van der Waals surface area contributed by atoms with Crippen LogP contribution in [-0.2, 0) is 11.2 Å². The first-order valence-electron chi connectivity index (χ1n) is 5.50. The van der Waals surface area contributed by atoms with Crippen LogP contribution in [-0.4, -0.2) is 11.5 Å².